The largest absolute Gasteiger partial charge is 0.416 e. The molecule has 0 unspecified atom stereocenters. The van der Waals surface area contributed by atoms with Crippen molar-refractivity contribution in [2.45, 2.75) is 19.3 Å². The summed E-state index contributed by atoms with van der Waals surface area (Å²) in [6, 6.07) is 7.72. The number of thiophene rings is 1. The van der Waals surface area contributed by atoms with E-state index in [1.165, 1.54) is 23.5 Å². The molecular weight excluding hydrogens is 321 g/mol. The van der Waals surface area contributed by atoms with Crippen LogP contribution in [0.3, 0.4) is 0 Å². The highest BCUT2D eigenvalue weighted by atomic mass is 35.5. The lowest BCUT2D eigenvalue weighted by atomic mass is 10.1. The van der Waals surface area contributed by atoms with Crippen molar-refractivity contribution in [1.82, 2.24) is 0 Å². The van der Waals surface area contributed by atoms with Crippen molar-refractivity contribution < 1.29 is 13.2 Å². The minimum atomic E-state index is -4.38. The lowest BCUT2D eigenvalue weighted by Gasteiger charge is -2.21. The molecule has 0 fully saturated rings. The second-order valence-corrected chi connectivity index (χ2v) is 6.40. The van der Waals surface area contributed by atoms with E-state index in [1.54, 1.807) is 6.07 Å². The molecule has 0 spiro atoms. The Bertz CT molecular complexity index is 625. The summed E-state index contributed by atoms with van der Waals surface area (Å²) in [6.45, 7) is 0.425. The van der Waals surface area contributed by atoms with Crippen LogP contribution in [-0.4, -0.2) is 7.05 Å². The Balaban J connectivity index is 2.24. The van der Waals surface area contributed by atoms with Crippen LogP contribution in [0.25, 0.3) is 0 Å². The van der Waals surface area contributed by atoms with Gasteiger partial charge in [-0.15, -0.1) is 11.3 Å². The van der Waals surface area contributed by atoms with Gasteiger partial charge in [0.1, 0.15) is 0 Å². The number of hydrogen-bond donors (Lipinski definition) is 1. The molecule has 2 nitrogen and oxygen atoms in total. The van der Waals surface area contributed by atoms with Crippen molar-refractivity contribution in [3.8, 4) is 0 Å². The van der Waals surface area contributed by atoms with E-state index >= 15 is 0 Å². The van der Waals surface area contributed by atoms with Crippen LogP contribution in [0.5, 0.6) is 0 Å². The lowest BCUT2D eigenvalue weighted by Crippen LogP contribution is -2.18. The van der Waals surface area contributed by atoms with Gasteiger partial charge in [-0.1, -0.05) is 11.6 Å². The summed E-state index contributed by atoms with van der Waals surface area (Å²) >= 11 is 7.31. The third-order valence-electron chi connectivity index (χ3n) is 3.08. The number of nitrogens with zero attached hydrogens (tertiary/aromatic N) is 1. The zero-order chi connectivity index (χ0) is 15.6. The van der Waals surface area contributed by atoms with Crippen molar-refractivity contribution in [2.24, 2.45) is 5.73 Å². The maximum absolute atomic E-state index is 12.8. The van der Waals surface area contributed by atoms with Gasteiger partial charge in [0.25, 0.3) is 0 Å². The Labute approximate surface area is 129 Å². The maximum Gasteiger partial charge on any atom is 0.416 e. The van der Waals surface area contributed by atoms with Gasteiger partial charge in [-0.2, -0.15) is 13.2 Å². The van der Waals surface area contributed by atoms with Crippen LogP contribution >= 0.6 is 22.9 Å². The Hall–Kier alpha value is -1.24. The van der Waals surface area contributed by atoms with Gasteiger partial charge in [-0.25, -0.2) is 0 Å². The molecule has 1 heterocycles. The van der Waals surface area contributed by atoms with Crippen molar-refractivity contribution >= 4 is 28.6 Å². The van der Waals surface area contributed by atoms with Gasteiger partial charge >= 0.3 is 6.18 Å². The molecule has 2 rings (SSSR count). The fraction of sp³-hybridized carbons (Fsp3) is 0.286. The van der Waals surface area contributed by atoms with Crippen LogP contribution in [0.2, 0.25) is 4.34 Å². The lowest BCUT2D eigenvalue weighted by molar-refractivity contribution is -0.138. The minimum Gasteiger partial charge on any atom is -0.369 e. The second-order valence-electron chi connectivity index (χ2n) is 4.61. The van der Waals surface area contributed by atoms with Crippen molar-refractivity contribution in [3.05, 3.63) is 50.7 Å². The Kier molecular flexibility index (Phi) is 4.81. The summed E-state index contributed by atoms with van der Waals surface area (Å²) in [7, 11) is 1.82. The smallest absolute Gasteiger partial charge is 0.369 e. The number of halogens is 4. The van der Waals surface area contributed by atoms with E-state index in [4.69, 9.17) is 17.3 Å². The summed E-state index contributed by atoms with van der Waals surface area (Å²) in [5.74, 6) is 0. The quantitative estimate of drug-likeness (QED) is 0.891. The van der Waals surface area contributed by atoms with Gasteiger partial charge in [-0.05, 0) is 35.9 Å². The van der Waals surface area contributed by atoms with Crippen LogP contribution in [0, 0.1) is 0 Å². The van der Waals surface area contributed by atoms with Crippen molar-refractivity contribution in [3.63, 3.8) is 0 Å². The molecule has 2 N–H and O–H groups in total. The minimum absolute atomic E-state index is 0.0936. The third-order valence-corrected chi connectivity index (χ3v) is 4.29. The standard InChI is InChI=1S/C14H14ClF3N2S/c1-20(8-11-3-5-13(15)21-11)10-2-4-12(14(16,17)18)9(6-10)7-19/h2-6H,7-8,19H2,1H3. The van der Waals surface area contributed by atoms with Crippen LogP contribution in [0.15, 0.2) is 30.3 Å². The third kappa shape index (κ3) is 3.90. The van der Waals surface area contributed by atoms with Gasteiger partial charge in [0, 0.05) is 24.2 Å². The number of alkyl halides is 3. The molecule has 2 aromatic rings. The first-order chi connectivity index (χ1) is 9.81. The molecule has 1 aromatic heterocycles. The van der Waals surface area contributed by atoms with Gasteiger partial charge < -0.3 is 10.6 Å². The summed E-state index contributed by atoms with van der Waals surface area (Å²) < 4.78 is 39.2. The summed E-state index contributed by atoms with van der Waals surface area (Å²) in [4.78, 5) is 2.90. The molecule has 0 saturated carbocycles. The van der Waals surface area contributed by atoms with Gasteiger partial charge in [0.15, 0.2) is 0 Å². The van der Waals surface area contributed by atoms with Gasteiger partial charge in [0.2, 0.25) is 0 Å². The molecule has 0 aliphatic rings. The van der Waals surface area contributed by atoms with Crippen molar-refractivity contribution in [1.29, 1.82) is 0 Å². The molecule has 0 saturated heterocycles. The first kappa shape index (κ1) is 16.1. The Morgan fingerprint density at radius 2 is 1.95 bits per heavy atom. The topological polar surface area (TPSA) is 29.3 Å². The Morgan fingerprint density at radius 1 is 1.24 bits per heavy atom. The molecule has 7 heteroatoms. The molecule has 114 valence electrons. The van der Waals surface area contributed by atoms with Crippen LogP contribution in [0.4, 0.5) is 18.9 Å². The van der Waals surface area contributed by atoms with Gasteiger partial charge in [-0.3, -0.25) is 0 Å². The second kappa shape index (κ2) is 6.25. The highest BCUT2D eigenvalue weighted by Crippen LogP contribution is 2.34. The van der Waals surface area contributed by atoms with E-state index in [-0.39, 0.29) is 12.1 Å². The average molecular weight is 335 g/mol. The maximum atomic E-state index is 12.8. The van der Waals surface area contributed by atoms with Crippen molar-refractivity contribution in [2.75, 3.05) is 11.9 Å². The van der Waals surface area contributed by atoms with Crippen LogP contribution in [0.1, 0.15) is 16.0 Å². The number of nitrogens with two attached hydrogens (primary N) is 1. The molecule has 0 aliphatic heterocycles. The molecule has 0 amide bonds. The van der Waals surface area contributed by atoms with E-state index in [1.807, 2.05) is 18.0 Å². The van der Waals surface area contributed by atoms with Gasteiger partial charge in [0.05, 0.1) is 16.4 Å². The fourth-order valence-corrected chi connectivity index (χ4v) is 3.17. The summed E-state index contributed by atoms with van der Waals surface area (Å²) in [5, 5.41) is 0. The van der Waals surface area contributed by atoms with E-state index in [2.05, 4.69) is 0 Å². The van der Waals surface area contributed by atoms with E-state index in [0.717, 1.165) is 10.9 Å². The first-order valence-corrected chi connectivity index (χ1v) is 7.36. The summed E-state index contributed by atoms with van der Waals surface area (Å²) in [5.41, 5.74) is 5.54. The number of hydrogen-bond acceptors (Lipinski definition) is 3. The first-order valence-electron chi connectivity index (χ1n) is 6.17. The number of anilines is 1. The normalized spacial score (nSPS) is 11.7. The zero-order valence-corrected chi connectivity index (χ0v) is 12.8. The van der Waals surface area contributed by atoms with Crippen LogP contribution < -0.4 is 10.6 Å². The molecule has 21 heavy (non-hydrogen) atoms. The number of rotatable bonds is 4. The number of benzene rings is 1. The fourth-order valence-electron chi connectivity index (χ4n) is 2.02. The highest BCUT2D eigenvalue weighted by molar-refractivity contribution is 7.16. The predicted molar refractivity (Wildman–Crippen MR) is 80.8 cm³/mol. The van der Waals surface area contributed by atoms with Crippen LogP contribution in [-0.2, 0) is 19.3 Å². The molecule has 1 aromatic carbocycles. The molecule has 0 aliphatic carbocycles. The molecule has 0 atom stereocenters. The van der Waals surface area contributed by atoms with E-state index in [9.17, 15) is 13.2 Å². The highest BCUT2D eigenvalue weighted by Gasteiger charge is 2.33. The zero-order valence-electron chi connectivity index (χ0n) is 11.2. The molecular formula is C14H14ClF3N2S. The molecule has 0 bridgehead atoms. The van der Waals surface area contributed by atoms with E-state index < -0.39 is 11.7 Å². The predicted octanol–water partition coefficient (Wildman–Crippen LogP) is 4.52. The van der Waals surface area contributed by atoms with E-state index in [0.29, 0.717) is 16.6 Å². The Morgan fingerprint density at radius 3 is 2.48 bits per heavy atom. The average Bonchev–Trinajstić information content (AvgIpc) is 2.82. The monoisotopic (exact) mass is 334 g/mol. The SMILES string of the molecule is CN(Cc1ccc(Cl)s1)c1ccc(C(F)(F)F)c(CN)c1. The summed E-state index contributed by atoms with van der Waals surface area (Å²) in [6.07, 6.45) is -4.38. The molecule has 0 radical (unpaired) electrons.